The highest BCUT2D eigenvalue weighted by Crippen LogP contribution is 2.33. The van der Waals surface area contributed by atoms with E-state index in [9.17, 15) is 18.0 Å². The van der Waals surface area contributed by atoms with E-state index in [2.05, 4.69) is 4.98 Å². The van der Waals surface area contributed by atoms with Gasteiger partial charge in [-0.05, 0) is 37.0 Å². The first-order valence-electron chi connectivity index (χ1n) is 9.93. The maximum Gasteiger partial charge on any atom is 0.449 e. The molecule has 1 fully saturated rings. The third-order valence-electron chi connectivity index (χ3n) is 5.37. The molecule has 1 atom stereocenters. The number of ether oxygens (including phenoxy) is 1. The normalized spacial score (nSPS) is 17.3. The summed E-state index contributed by atoms with van der Waals surface area (Å²) in [7, 11) is 0. The summed E-state index contributed by atoms with van der Waals surface area (Å²) >= 11 is 0. The van der Waals surface area contributed by atoms with Gasteiger partial charge in [0.1, 0.15) is 6.61 Å². The number of rotatable bonds is 4. The Labute approximate surface area is 172 Å². The summed E-state index contributed by atoms with van der Waals surface area (Å²) in [5, 5.41) is 0. The molecule has 0 aliphatic carbocycles. The van der Waals surface area contributed by atoms with Gasteiger partial charge in [0.25, 0.3) is 0 Å². The Balaban J connectivity index is 1.56. The fourth-order valence-electron chi connectivity index (χ4n) is 3.92. The quantitative estimate of drug-likeness (QED) is 0.583. The second kappa shape index (κ2) is 8.38. The lowest BCUT2D eigenvalue weighted by molar-refractivity contribution is -0.147. The molecular formula is C22H22F3N3O2. The van der Waals surface area contributed by atoms with Crippen LogP contribution in [0.1, 0.15) is 30.7 Å². The topological polar surface area (TPSA) is 47.4 Å². The van der Waals surface area contributed by atoms with Crippen molar-refractivity contribution in [2.24, 2.45) is 0 Å². The van der Waals surface area contributed by atoms with Crippen LogP contribution in [0.15, 0.2) is 54.6 Å². The minimum Gasteiger partial charge on any atom is -0.445 e. The van der Waals surface area contributed by atoms with E-state index in [0.29, 0.717) is 24.0 Å². The lowest BCUT2D eigenvalue weighted by Gasteiger charge is -2.35. The number of carbonyl (C=O) groups is 1. The van der Waals surface area contributed by atoms with Crippen LogP contribution in [0.2, 0.25) is 0 Å². The van der Waals surface area contributed by atoms with Crippen LogP contribution in [0, 0.1) is 0 Å². The van der Waals surface area contributed by atoms with Crippen molar-refractivity contribution in [3.63, 3.8) is 0 Å². The Morgan fingerprint density at radius 1 is 1.07 bits per heavy atom. The fraction of sp³-hybridized carbons (Fsp3) is 0.364. The third-order valence-corrected chi connectivity index (χ3v) is 5.37. The van der Waals surface area contributed by atoms with Crippen LogP contribution >= 0.6 is 0 Å². The van der Waals surface area contributed by atoms with Gasteiger partial charge in [-0.15, -0.1) is 0 Å². The van der Waals surface area contributed by atoms with Crippen LogP contribution in [-0.2, 0) is 24.1 Å². The zero-order valence-electron chi connectivity index (χ0n) is 16.3. The number of piperidine rings is 1. The minimum atomic E-state index is -4.58. The molecular weight excluding hydrogens is 395 g/mol. The number of hydrogen-bond donors (Lipinski definition) is 0. The molecule has 0 radical (unpaired) electrons. The van der Waals surface area contributed by atoms with Gasteiger partial charge in [0.2, 0.25) is 5.82 Å². The first-order chi connectivity index (χ1) is 14.4. The van der Waals surface area contributed by atoms with Gasteiger partial charge >= 0.3 is 12.3 Å². The van der Waals surface area contributed by atoms with Crippen molar-refractivity contribution >= 4 is 17.1 Å². The molecule has 1 aliphatic rings. The smallest absolute Gasteiger partial charge is 0.445 e. The van der Waals surface area contributed by atoms with Gasteiger partial charge in [-0.3, -0.25) is 0 Å². The number of nitrogens with zero attached hydrogens (tertiary/aromatic N) is 3. The van der Waals surface area contributed by atoms with Gasteiger partial charge in [0.15, 0.2) is 0 Å². The SMILES string of the molecule is O=C(OCc1ccccc1)N1CCCC[C@H]1Cn1c(C(F)(F)F)nc2ccccc21. The molecule has 158 valence electrons. The number of benzene rings is 2. The molecule has 2 heterocycles. The van der Waals surface area contributed by atoms with E-state index in [1.807, 2.05) is 30.3 Å². The molecule has 2 aromatic carbocycles. The highest BCUT2D eigenvalue weighted by atomic mass is 19.4. The summed E-state index contributed by atoms with van der Waals surface area (Å²) in [4.78, 5) is 18.1. The van der Waals surface area contributed by atoms with Crippen LogP contribution in [0.3, 0.4) is 0 Å². The van der Waals surface area contributed by atoms with E-state index in [0.717, 1.165) is 18.4 Å². The summed E-state index contributed by atoms with van der Waals surface area (Å²) < 4.78 is 47.5. The van der Waals surface area contributed by atoms with Gasteiger partial charge in [-0.1, -0.05) is 42.5 Å². The van der Waals surface area contributed by atoms with Crippen LogP contribution in [-0.4, -0.2) is 33.1 Å². The van der Waals surface area contributed by atoms with Crippen molar-refractivity contribution in [2.75, 3.05) is 6.54 Å². The molecule has 0 bridgehead atoms. The standard InChI is InChI=1S/C22H22F3N3O2/c23-22(24,25)20-26-18-11-4-5-12-19(18)28(20)14-17-10-6-7-13-27(17)21(29)30-15-16-8-2-1-3-9-16/h1-5,8-9,11-12,17H,6-7,10,13-15H2/t17-/m0/s1. The van der Waals surface area contributed by atoms with E-state index >= 15 is 0 Å². The molecule has 0 spiro atoms. The molecule has 4 rings (SSSR count). The number of alkyl halides is 3. The molecule has 3 aromatic rings. The van der Waals surface area contributed by atoms with Gasteiger partial charge in [-0.25, -0.2) is 9.78 Å². The predicted molar refractivity (Wildman–Crippen MR) is 106 cm³/mol. The number of carbonyl (C=O) groups excluding carboxylic acids is 1. The molecule has 0 saturated carbocycles. The second-order valence-electron chi connectivity index (χ2n) is 7.42. The summed E-state index contributed by atoms with van der Waals surface area (Å²) in [5.41, 5.74) is 1.56. The lowest BCUT2D eigenvalue weighted by Crippen LogP contribution is -2.46. The maximum absolute atomic E-state index is 13.6. The molecule has 0 unspecified atom stereocenters. The van der Waals surface area contributed by atoms with E-state index < -0.39 is 18.1 Å². The van der Waals surface area contributed by atoms with Crippen molar-refractivity contribution in [2.45, 2.75) is 44.6 Å². The Morgan fingerprint density at radius 3 is 2.57 bits per heavy atom. The Bertz CT molecular complexity index is 1020. The molecule has 8 heteroatoms. The zero-order chi connectivity index (χ0) is 21.1. The average molecular weight is 417 g/mol. The number of hydrogen-bond acceptors (Lipinski definition) is 3. The number of likely N-dealkylation sites (tertiary alicyclic amines) is 1. The zero-order valence-corrected chi connectivity index (χ0v) is 16.3. The summed E-state index contributed by atoms with van der Waals surface area (Å²) in [6.07, 6.45) is -2.81. The number of amides is 1. The number of para-hydroxylation sites is 2. The monoisotopic (exact) mass is 417 g/mol. The fourth-order valence-corrected chi connectivity index (χ4v) is 3.92. The molecule has 1 amide bonds. The molecule has 1 aliphatic heterocycles. The van der Waals surface area contributed by atoms with E-state index in [4.69, 9.17) is 4.74 Å². The molecule has 5 nitrogen and oxygen atoms in total. The van der Waals surface area contributed by atoms with E-state index in [1.165, 1.54) is 4.57 Å². The lowest BCUT2D eigenvalue weighted by atomic mass is 10.0. The summed E-state index contributed by atoms with van der Waals surface area (Å²) in [6.45, 7) is 0.618. The van der Waals surface area contributed by atoms with Crippen LogP contribution in [0.4, 0.5) is 18.0 Å². The maximum atomic E-state index is 13.6. The molecule has 1 saturated heterocycles. The Morgan fingerprint density at radius 2 is 1.80 bits per heavy atom. The van der Waals surface area contributed by atoms with Gasteiger partial charge < -0.3 is 14.2 Å². The number of imidazole rings is 1. The second-order valence-corrected chi connectivity index (χ2v) is 7.42. The van der Waals surface area contributed by atoms with Crippen molar-refractivity contribution in [3.8, 4) is 0 Å². The highest BCUT2D eigenvalue weighted by molar-refractivity contribution is 5.76. The summed E-state index contributed by atoms with van der Waals surface area (Å²) in [6, 6.07) is 15.4. The largest absolute Gasteiger partial charge is 0.449 e. The van der Waals surface area contributed by atoms with Gasteiger partial charge in [0.05, 0.1) is 17.1 Å². The van der Waals surface area contributed by atoms with Crippen molar-refractivity contribution < 1.29 is 22.7 Å². The summed E-state index contributed by atoms with van der Waals surface area (Å²) in [5.74, 6) is -0.938. The molecule has 0 N–H and O–H groups in total. The Kier molecular flexibility index (Phi) is 5.65. The molecule has 30 heavy (non-hydrogen) atoms. The highest BCUT2D eigenvalue weighted by Gasteiger charge is 2.39. The number of fused-ring (bicyclic) bond motifs is 1. The number of halogens is 3. The first kappa shape index (κ1) is 20.3. The van der Waals surface area contributed by atoms with Crippen molar-refractivity contribution in [1.29, 1.82) is 0 Å². The molecule has 1 aromatic heterocycles. The van der Waals surface area contributed by atoms with Crippen LogP contribution in [0.25, 0.3) is 11.0 Å². The minimum absolute atomic E-state index is 0.0236. The van der Waals surface area contributed by atoms with Crippen molar-refractivity contribution in [1.82, 2.24) is 14.5 Å². The Hall–Kier alpha value is -3.03. The van der Waals surface area contributed by atoms with Gasteiger partial charge in [-0.2, -0.15) is 13.2 Å². The van der Waals surface area contributed by atoms with Gasteiger partial charge in [0, 0.05) is 13.1 Å². The van der Waals surface area contributed by atoms with E-state index in [-0.39, 0.29) is 19.2 Å². The van der Waals surface area contributed by atoms with Crippen molar-refractivity contribution in [3.05, 3.63) is 66.0 Å². The van der Waals surface area contributed by atoms with E-state index in [1.54, 1.807) is 29.2 Å². The first-order valence-corrected chi connectivity index (χ1v) is 9.93. The van der Waals surface area contributed by atoms with Crippen LogP contribution in [0.5, 0.6) is 0 Å². The predicted octanol–water partition coefficient (Wildman–Crippen LogP) is 5.25. The number of aromatic nitrogens is 2. The van der Waals surface area contributed by atoms with Crippen LogP contribution < -0.4 is 0 Å². The third kappa shape index (κ3) is 4.27. The average Bonchev–Trinajstić information content (AvgIpc) is 3.12.